The van der Waals surface area contributed by atoms with Gasteiger partial charge in [0.25, 0.3) is 5.91 Å². The van der Waals surface area contributed by atoms with Gasteiger partial charge in [0.15, 0.2) is 0 Å². The molecule has 0 atom stereocenters. The normalized spacial score (nSPS) is 16.1. The molecule has 1 heterocycles. The molecule has 1 amide bonds. The van der Waals surface area contributed by atoms with Gasteiger partial charge in [-0.3, -0.25) is 9.69 Å². The molecule has 0 unspecified atom stereocenters. The Bertz CT molecular complexity index is 516. The number of nitrogens with zero attached hydrogens (tertiary/aromatic N) is 2. The molecule has 1 aromatic carbocycles. The Labute approximate surface area is 118 Å². The number of nitrogens with two attached hydrogens (primary N) is 1. The van der Waals surface area contributed by atoms with E-state index in [1.54, 1.807) is 23.1 Å². The summed E-state index contributed by atoms with van der Waals surface area (Å²) >= 11 is 5.91. The summed E-state index contributed by atoms with van der Waals surface area (Å²) < 4.78 is 0. The van der Waals surface area contributed by atoms with Crippen LogP contribution >= 0.6 is 11.6 Å². The Hall–Kier alpha value is -1.70. The third kappa shape index (κ3) is 3.19. The summed E-state index contributed by atoms with van der Waals surface area (Å²) in [6.07, 6.45) is 5.28. The molecule has 0 bridgehead atoms. The van der Waals surface area contributed by atoms with Crippen molar-refractivity contribution < 1.29 is 4.79 Å². The molecule has 1 aliphatic heterocycles. The zero-order valence-electron chi connectivity index (χ0n) is 10.6. The zero-order valence-corrected chi connectivity index (χ0v) is 11.4. The van der Waals surface area contributed by atoms with Gasteiger partial charge in [0, 0.05) is 36.9 Å². The average Bonchev–Trinajstić information content (AvgIpc) is 2.42. The van der Waals surface area contributed by atoms with E-state index in [0.29, 0.717) is 35.9 Å². The first kappa shape index (κ1) is 13.7. The van der Waals surface area contributed by atoms with Crippen LogP contribution in [0, 0.1) is 12.3 Å². The minimum atomic E-state index is -0.0691. The second-order valence-electron chi connectivity index (χ2n) is 4.50. The highest BCUT2D eigenvalue weighted by Gasteiger charge is 2.23. The minimum Gasteiger partial charge on any atom is -0.398 e. The number of rotatable bonds is 2. The SMILES string of the molecule is C#CCN1CCN(C(=O)c2cc(Cl)ccc2N)CC1. The number of carbonyl (C=O) groups excluding carboxylic acids is 1. The number of hydrogen-bond acceptors (Lipinski definition) is 3. The van der Waals surface area contributed by atoms with Crippen LogP contribution in [-0.4, -0.2) is 48.4 Å². The van der Waals surface area contributed by atoms with Gasteiger partial charge in [-0.2, -0.15) is 0 Å². The van der Waals surface area contributed by atoms with E-state index < -0.39 is 0 Å². The molecule has 0 radical (unpaired) electrons. The molecule has 1 aliphatic rings. The number of hydrogen-bond donors (Lipinski definition) is 1. The number of anilines is 1. The van der Waals surface area contributed by atoms with E-state index in [2.05, 4.69) is 10.8 Å². The van der Waals surface area contributed by atoms with E-state index in [1.165, 1.54) is 0 Å². The Morgan fingerprint density at radius 3 is 2.68 bits per heavy atom. The molecule has 0 aliphatic carbocycles. The number of terminal acetylenes is 1. The number of nitrogen functional groups attached to an aromatic ring is 1. The quantitative estimate of drug-likeness (QED) is 0.655. The smallest absolute Gasteiger partial charge is 0.256 e. The predicted molar refractivity (Wildman–Crippen MR) is 77.0 cm³/mol. The van der Waals surface area contributed by atoms with Crippen molar-refractivity contribution >= 4 is 23.2 Å². The van der Waals surface area contributed by atoms with E-state index >= 15 is 0 Å². The van der Waals surface area contributed by atoms with Crippen LogP contribution in [0.5, 0.6) is 0 Å². The van der Waals surface area contributed by atoms with Gasteiger partial charge in [-0.25, -0.2) is 0 Å². The molecule has 1 aromatic rings. The van der Waals surface area contributed by atoms with Gasteiger partial charge in [-0.05, 0) is 18.2 Å². The Morgan fingerprint density at radius 1 is 1.37 bits per heavy atom. The summed E-state index contributed by atoms with van der Waals surface area (Å²) in [6.45, 7) is 3.52. The van der Waals surface area contributed by atoms with Gasteiger partial charge in [0.1, 0.15) is 0 Å². The Balaban J connectivity index is 2.05. The average molecular weight is 278 g/mol. The molecule has 1 saturated heterocycles. The topological polar surface area (TPSA) is 49.6 Å². The largest absolute Gasteiger partial charge is 0.398 e. The maximum absolute atomic E-state index is 12.4. The molecule has 0 aromatic heterocycles. The van der Waals surface area contributed by atoms with Crippen LogP contribution in [0.3, 0.4) is 0 Å². The van der Waals surface area contributed by atoms with Crippen molar-refractivity contribution in [1.82, 2.24) is 9.80 Å². The standard InChI is InChI=1S/C14H16ClN3O/c1-2-5-17-6-8-18(9-7-17)14(19)12-10-11(15)3-4-13(12)16/h1,3-4,10H,5-9,16H2. The Kier molecular flexibility index (Phi) is 4.31. The fourth-order valence-electron chi connectivity index (χ4n) is 2.12. The maximum atomic E-state index is 12.4. The van der Waals surface area contributed by atoms with E-state index in [1.807, 2.05) is 0 Å². The molecule has 1 fully saturated rings. The van der Waals surface area contributed by atoms with Crippen molar-refractivity contribution in [3.05, 3.63) is 28.8 Å². The van der Waals surface area contributed by atoms with E-state index in [-0.39, 0.29) is 5.91 Å². The van der Waals surface area contributed by atoms with Crippen molar-refractivity contribution in [2.45, 2.75) is 0 Å². The molecule has 4 nitrogen and oxygen atoms in total. The first-order chi connectivity index (χ1) is 9.11. The molecule has 5 heteroatoms. The highest BCUT2D eigenvalue weighted by Crippen LogP contribution is 2.20. The summed E-state index contributed by atoms with van der Waals surface area (Å²) in [5.74, 6) is 2.55. The molecule has 2 rings (SSSR count). The first-order valence-electron chi connectivity index (χ1n) is 6.12. The van der Waals surface area contributed by atoms with Crippen LogP contribution in [0.25, 0.3) is 0 Å². The summed E-state index contributed by atoms with van der Waals surface area (Å²) in [6, 6.07) is 4.95. The lowest BCUT2D eigenvalue weighted by Gasteiger charge is -2.33. The van der Waals surface area contributed by atoms with Gasteiger partial charge in [-0.15, -0.1) is 6.42 Å². The summed E-state index contributed by atoms with van der Waals surface area (Å²) in [4.78, 5) is 16.3. The summed E-state index contributed by atoms with van der Waals surface area (Å²) in [7, 11) is 0. The fraction of sp³-hybridized carbons (Fsp3) is 0.357. The van der Waals surface area contributed by atoms with Gasteiger partial charge in [0.2, 0.25) is 0 Å². The Morgan fingerprint density at radius 2 is 2.05 bits per heavy atom. The predicted octanol–water partition coefficient (Wildman–Crippen LogP) is 1.31. The van der Waals surface area contributed by atoms with Gasteiger partial charge >= 0.3 is 0 Å². The third-order valence-electron chi connectivity index (χ3n) is 3.22. The van der Waals surface area contributed by atoms with Crippen LogP contribution < -0.4 is 5.73 Å². The second kappa shape index (κ2) is 5.96. The molecule has 2 N–H and O–H groups in total. The molecule has 0 saturated carbocycles. The number of carbonyl (C=O) groups is 1. The minimum absolute atomic E-state index is 0.0691. The number of piperazine rings is 1. The number of amides is 1. The van der Waals surface area contributed by atoms with Gasteiger partial charge in [0.05, 0.1) is 12.1 Å². The van der Waals surface area contributed by atoms with Crippen LogP contribution in [0.1, 0.15) is 10.4 Å². The van der Waals surface area contributed by atoms with Crippen LogP contribution in [0.2, 0.25) is 5.02 Å². The fourth-order valence-corrected chi connectivity index (χ4v) is 2.29. The first-order valence-corrected chi connectivity index (χ1v) is 6.49. The second-order valence-corrected chi connectivity index (χ2v) is 4.94. The monoisotopic (exact) mass is 277 g/mol. The highest BCUT2D eigenvalue weighted by molar-refractivity contribution is 6.31. The van der Waals surface area contributed by atoms with Crippen molar-refractivity contribution in [1.29, 1.82) is 0 Å². The van der Waals surface area contributed by atoms with Gasteiger partial charge < -0.3 is 10.6 Å². The van der Waals surface area contributed by atoms with E-state index in [0.717, 1.165) is 13.1 Å². The zero-order chi connectivity index (χ0) is 13.8. The third-order valence-corrected chi connectivity index (χ3v) is 3.46. The van der Waals surface area contributed by atoms with Crippen LogP contribution in [0.4, 0.5) is 5.69 Å². The summed E-state index contributed by atoms with van der Waals surface area (Å²) in [5, 5.41) is 0.517. The van der Waals surface area contributed by atoms with Gasteiger partial charge in [-0.1, -0.05) is 17.5 Å². The lowest BCUT2D eigenvalue weighted by Crippen LogP contribution is -2.48. The molecule has 100 valence electrons. The molecule has 0 spiro atoms. The van der Waals surface area contributed by atoms with E-state index in [4.69, 9.17) is 23.8 Å². The van der Waals surface area contributed by atoms with Crippen molar-refractivity contribution in [3.8, 4) is 12.3 Å². The molecular weight excluding hydrogens is 262 g/mol. The summed E-state index contributed by atoms with van der Waals surface area (Å²) in [5.41, 5.74) is 6.76. The highest BCUT2D eigenvalue weighted by atomic mass is 35.5. The molecular formula is C14H16ClN3O. The lowest BCUT2D eigenvalue weighted by atomic mass is 10.1. The van der Waals surface area contributed by atoms with Crippen molar-refractivity contribution in [2.75, 3.05) is 38.5 Å². The van der Waals surface area contributed by atoms with Crippen molar-refractivity contribution in [2.24, 2.45) is 0 Å². The lowest BCUT2D eigenvalue weighted by molar-refractivity contribution is 0.0653. The van der Waals surface area contributed by atoms with E-state index in [9.17, 15) is 4.79 Å². The maximum Gasteiger partial charge on any atom is 0.256 e. The van der Waals surface area contributed by atoms with Crippen LogP contribution in [-0.2, 0) is 0 Å². The number of halogens is 1. The van der Waals surface area contributed by atoms with Crippen molar-refractivity contribution in [3.63, 3.8) is 0 Å². The number of benzene rings is 1. The van der Waals surface area contributed by atoms with Crippen LogP contribution in [0.15, 0.2) is 18.2 Å². The molecule has 19 heavy (non-hydrogen) atoms.